The molecule has 1 aromatic heterocycles. The summed E-state index contributed by atoms with van der Waals surface area (Å²) in [6.07, 6.45) is 1.52. The second-order valence-electron chi connectivity index (χ2n) is 8.17. The highest BCUT2D eigenvalue weighted by Crippen LogP contribution is 2.43. The van der Waals surface area contributed by atoms with E-state index in [1.807, 2.05) is 13.8 Å². The van der Waals surface area contributed by atoms with Crippen LogP contribution in [0.1, 0.15) is 53.1 Å². The highest BCUT2D eigenvalue weighted by atomic mass is 19.1. The number of halogens is 1. The number of amides is 2. The Kier molecular flexibility index (Phi) is 5.78. The van der Waals surface area contributed by atoms with E-state index in [0.29, 0.717) is 29.1 Å². The Morgan fingerprint density at radius 3 is 2.69 bits per heavy atom. The van der Waals surface area contributed by atoms with Crippen molar-refractivity contribution in [1.82, 2.24) is 4.90 Å². The SMILES string of the molecule is CC(C)CN1C(=O)c2ccccc2[C@H](C(=O)Nc2ccc(F)c(C#N)c2)[C@H]1c1ccco1. The maximum Gasteiger partial charge on any atom is 0.254 e. The molecule has 3 aromatic rings. The second-order valence-corrected chi connectivity index (χ2v) is 8.17. The van der Waals surface area contributed by atoms with Crippen molar-refractivity contribution in [3.63, 3.8) is 0 Å². The molecule has 7 heteroatoms. The lowest BCUT2D eigenvalue weighted by Gasteiger charge is -2.41. The maximum absolute atomic E-state index is 13.7. The summed E-state index contributed by atoms with van der Waals surface area (Å²) < 4.78 is 19.4. The molecule has 2 amide bonds. The quantitative estimate of drug-likeness (QED) is 0.625. The van der Waals surface area contributed by atoms with Crippen LogP contribution in [0, 0.1) is 23.1 Å². The molecule has 6 nitrogen and oxygen atoms in total. The van der Waals surface area contributed by atoms with Crippen LogP contribution in [0.5, 0.6) is 0 Å². The van der Waals surface area contributed by atoms with Crippen molar-refractivity contribution >= 4 is 17.5 Å². The van der Waals surface area contributed by atoms with E-state index in [4.69, 9.17) is 9.68 Å². The number of nitriles is 1. The first-order valence-corrected chi connectivity index (χ1v) is 10.3. The van der Waals surface area contributed by atoms with Crippen LogP contribution >= 0.6 is 0 Å². The summed E-state index contributed by atoms with van der Waals surface area (Å²) in [7, 11) is 0. The van der Waals surface area contributed by atoms with Gasteiger partial charge in [-0.1, -0.05) is 32.0 Å². The lowest BCUT2D eigenvalue weighted by atomic mass is 9.80. The summed E-state index contributed by atoms with van der Waals surface area (Å²) in [5.41, 5.74) is 1.20. The number of carbonyl (C=O) groups excluding carboxylic acids is 2. The van der Waals surface area contributed by atoms with Crippen molar-refractivity contribution in [2.24, 2.45) is 5.92 Å². The highest BCUT2D eigenvalue weighted by Gasteiger charge is 2.45. The molecule has 162 valence electrons. The van der Waals surface area contributed by atoms with E-state index in [-0.39, 0.29) is 23.3 Å². The van der Waals surface area contributed by atoms with Crippen molar-refractivity contribution in [2.45, 2.75) is 25.8 Å². The predicted molar refractivity (Wildman–Crippen MR) is 116 cm³/mol. The molecule has 0 radical (unpaired) electrons. The number of nitrogens with one attached hydrogen (secondary N) is 1. The van der Waals surface area contributed by atoms with Gasteiger partial charge in [-0.2, -0.15) is 5.26 Å². The van der Waals surface area contributed by atoms with Gasteiger partial charge in [0.1, 0.15) is 23.7 Å². The van der Waals surface area contributed by atoms with Gasteiger partial charge in [0, 0.05) is 17.8 Å². The first-order valence-electron chi connectivity index (χ1n) is 10.3. The monoisotopic (exact) mass is 431 g/mol. The van der Waals surface area contributed by atoms with Crippen molar-refractivity contribution in [2.75, 3.05) is 11.9 Å². The third kappa shape index (κ3) is 3.87. The van der Waals surface area contributed by atoms with Crippen LogP contribution in [-0.2, 0) is 4.79 Å². The van der Waals surface area contributed by atoms with Gasteiger partial charge >= 0.3 is 0 Å². The summed E-state index contributed by atoms with van der Waals surface area (Å²) in [6, 6.07) is 15.5. The molecular formula is C25H22FN3O3. The van der Waals surface area contributed by atoms with Gasteiger partial charge in [-0.15, -0.1) is 0 Å². The molecule has 1 aliphatic rings. The largest absolute Gasteiger partial charge is 0.467 e. The Balaban J connectivity index is 1.81. The minimum Gasteiger partial charge on any atom is -0.467 e. The molecule has 0 spiro atoms. The molecule has 2 heterocycles. The fourth-order valence-corrected chi connectivity index (χ4v) is 4.15. The van der Waals surface area contributed by atoms with Gasteiger partial charge in [0.25, 0.3) is 5.91 Å². The molecular weight excluding hydrogens is 409 g/mol. The van der Waals surface area contributed by atoms with Crippen molar-refractivity contribution in [3.05, 3.63) is 89.1 Å². The van der Waals surface area contributed by atoms with Crippen LogP contribution in [0.25, 0.3) is 0 Å². The number of fused-ring (bicyclic) bond motifs is 1. The van der Waals surface area contributed by atoms with Gasteiger partial charge in [-0.25, -0.2) is 4.39 Å². The molecule has 0 unspecified atom stereocenters. The molecule has 2 aromatic carbocycles. The van der Waals surface area contributed by atoms with Crippen molar-refractivity contribution in [1.29, 1.82) is 5.26 Å². The van der Waals surface area contributed by atoms with E-state index in [0.717, 1.165) is 6.07 Å². The summed E-state index contributed by atoms with van der Waals surface area (Å²) >= 11 is 0. The summed E-state index contributed by atoms with van der Waals surface area (Å²) in [4.78, 5) is 28.7. The standard InChI is InChI=1S/C25H22FN3O3/c1-15(2)14-29-23(21-8-5-11-32-21)22(18-6-3-4-7-19(18)25(29)31)24(30)28-17-9-10-20(26)16(12-17)13-27/h3-12,15,22-23H,14H2,1-2H3,(H,28,30)/t22-,23+/m0/s1. The van der Waals surface area contributed by atoms with Crippen molar-refractivity contribution in [3.8, 4) is 6.07 Å². The lowest BCUT2D eigenvalue weighted by molar-refractivity contribution is -0.119. The van der Waals surface area contributed by atoms with Crippen LogP contribution in [0.4, 0.5) is 10.1 Å². The van der Waals surface area contributed by atoms with Gasteiger partial charge in [-0.3, -0.25) is 9.59 Å². The van der Waals surface area contributed by atoms with Crippen LogP contribution in [0.2, 0.25) is 0 Å². The second kappa shape index (κ2) is 8.67. The van der Waals surface area contributed by atoms with Crippen LogP contribution in [-0.4, -0.2) is 23.3 Å². The van der Waals surface area contributed by atoms with Gasteiger partial charge < -0.3 is 14.6 Å². The Hall–Kier alpha value is -3.92. The molecule has 2 atom stereocenters. The van der Waals surface area contributed by atoms with E-state index >= 15 is 0 Å². The lowest BCUT2D eigenvalue weighted by Crippen LogP contribution is -2.47. The van der Waals surface area contributed by atoms with Crippen LogP contribution < -0.4 is 5.32 Å². The average Bonchev–Trinajstić information content (AvgIpc) is 3.31. The van der Waals surface area contributed by atoms with E-state index in [9.17, 15) is 14.0 Å². The smallest absolute Gasteiger partial charge is 0.254 e. The molecule has 0 bridgehead atoms. The number of hydrogen-bond acceptors (Lipinski definition) is 4. The number of furan rings is 1. The van der Waals surface area contributed by atoms with Gasteiger partial charge in [0.05, 0.1) is 17.7 Å². The Morgan fingerprint density at radius 2 is 2.00 bits per heavy atom. The summed E-state index contributed by atoms with van der Waals surface area (Å²) in [5, 5.41) is 11.9. The number of carbonyl (C=O) groups is 2. The molecule has 32 heavy (non-hydrogen) atoms. The third-order valence-corrected chi connectivity index (χ3v) is 5.47. The third-order valence-electron chi connectivity index (χ3n) is 5.47. The molecule has 0 fully saturated rings. The number of anilines is 1. The van der Waals surface area contributed by atoms with Gasteiger partial charge in [0.2, 0.25) is 5.91 Å². The minimum atomic E-state index is -0.760. The molecule has 1 N–H and O–H groups in total. The molecule has 4 rings (SSSR count). The Labute approximate surface area is 185 Å². The maximum atomic E-state index is 13.7. The first-order chi connectivity index (χ1) is 15.4. The van der Waals surface area contributed by atoms with Gasteiger partial charge in [-0.05, 0) is 47.9 Å². The Morgan fingerprint density at radius 1 is 1.22 bits per heavy atom. The van der Waals surface area contributed by atoms with E-state index in [1.165, 1.54) is 18.4 Å². The Bertz CT molecular complexity index is 1200. The zero-order valence-electron chi connectivity index (χ0n) is 17.7. The number of benzene rings is 2. The normalized spacial score (nSPS) is 17.7. The van der Waals surface area contributed by atoms with E-state index < -0.39 is 17.8 Å². The summed E-state index contributed by atoms with van der Waals surface area (Å²) in [5.74, 6) is -1.28. The first kappa shape index (κ1) is 21.3. The van der Waals surface area contributed by atoms with Gasteiger partial charge in [0.15, 0.2) is 0 Å². The van der Waals surface area contributed by atoms with Crippen LogP contribution in [0.3, 0.4) is 0 Å². The molecule has 0 saturated carbocycles. The zero-order valence-corrected chi connectivity index (χ0v) is 17.7. The number of rotatable bonds is 5. The molecule has 0 saturated heterocycles. The summed E-state index contributed by atoms with van der Waals surface area (Å²) in [6.45, 7) is 4.45. The fraction of sp³-hybridized carbons (Fsp3) is 0.240. The minimum absolute atomic E-state index is 0.159. The highest BCUT2D eigenvalue weighted by molar-refractivity contribution is 6.04. The van der Waals surface area contributed by atoms with E-state index in [2.05, 4.69) is 5.32 Å². The topological polar surface area (TPSA) is 86.3 Å². The zero-order chi connectivity index (χ0) is 22.8. The van der Waals surface area contributed by atoms with E-state index in [1.54, 1.807) is 47.4 Å². The van der Waals surface area contributed by atoms with Crippen LogP contribution in [0.15, 0.2) is 65.3 Å². The molecule has 1 aliphatic heterocycles. The fourth-order valence-electron chi connectivity index (χ4n) is 4.15. The van der Waals surface area contributed by atoms with Crippen molar-refractivity contribution < 1.29 is 18.4 Å². The number of hydrogen-bond donors (Lipinski definition) is 1. The average molecular weight is 431 g/mol. The number of nitrogens with zero attached hydrogens (tertiary/aromatic N) is 2. The molecule has 0 aliphatic carbocycles. The predicted octanol–water partition coefficient (Wildman–Crippen LogP) is 4.87.